The lowest BCUT2D eigenvalue weighted by atomic mass is 10.2. The van der Waals surface area contributed by atoms with Crippen molar-refractivity contribution in [2.75, 3.05) is 14.2 Å². The summed E-state index contributed by atoms with van der Waals surface area (Å²) < 4.78 is 10.8. The Balaban J connectivity index is 1.80. The van der Waals surface area contributed by atoms with Gasteiger partial charge >= 0.3 is 0 Å². The average molecular weight is 412 g/mol. The van der Waals surface area contributed by atoms with Crippen LogP contribution in [0.5, 0.6) is 11.5 Å². The quantitative estimate of drug-likeness (QED) is 0.437. The molecule has 3 nitrogen and oxygen atoms in total. The van der Waals surface area contributed by atoms with Crippen LogP contribution in [0.3, 0.4) is 0 Å². The van der Waals surface area contributed by atoms with Crippen LogP contribution in [0.25, 0.3) is 10.6 Å². The number of nitrogens with zero attached hydrogens (tertiary/aromatic N) is 1. The standard InChI is InChI=1S/C18H15Cl2NO2S2/c1-22-15-5-3-4-13(17(15)23-2)18-21-12(10-25-18)9-24-16-8-11(19)6-7-14(16)20/h3-8,10H,9H2,1-2H3. The molecular weight excluding hydrogens is 397 g/mol. The minimum atomic E-state index is 0.673. The summed E-state index contributed by atoms with van der Waals surface area (Å²) in [6, 6.07) is 11.2. The van der Waals surface area contributed by atoms with Crippen LogP contribution in [0.4, 0.5) is 0 Å². The fourth-order valence-electron chi connectivity index (χ4n) is 2.29. The number of thioether (sulfide) groups is 1. The number of thiazole rings is 1. The second-order valence-corrected chi connectivity index (χ2v) is 7.77. The number of methoxy groups -OCH3 is 2. The summed E-state index contributed by atoms with van der Waals surface area (Å²) >= 11 is 15.4. The van der Waals surface area contributed by atoms with Crippen molar-refractivity contribution in [3.63, 3.8) is 0 Å². The zero-order valence-corrected chi connectivity index (χ0v) is 16.7. The summed E-state index contributed by atoms with van der Waals surface area (Å²) in [6.07, 6.45) is 0. The third-order valence-corrected chi connectivity index (χ3v) is 6.14. The van der Waals surface area contributed by atoms with Gasteiger partial charge in [0.2, 0.25) is 0 Å². The van der Waals surface area contributed by atoms with Crippen molar-refractivity contribution in [3.8, 4) is 22.1 Å². The molecule has 0 amide bonds. The Morgan fingerprint density at radius 3 is 2.72 bits per heavy atom. The van der Waals surface area contributed by atoms with Crippen molar-refractivity contribution in [2.45, 2.75) is 10.6 Å². The molecular formula is C18H15Cl2NO2S2. The van der Waals surface area contributed by atoms with E-state index in [2.05, 4.69) is 0 Å². The van der Waals surface area contributed by atoms with Gasteiger partial charge < -0.3 is 9.47 Å². The second-order valence-electron chi connectivity index (χ2n) is 5.05. The molecule has 7 heteroatoms. The molecule has 0 aliphatic carbocycles. The molecule has 0 atom stereocenters. The molecule has 2 aromatic carbocycles. The van der Waals surface area contributed by atoms with Gasteiger partial charge in [0.15, 0.2) is 11.5 Å². The normalized spacial score (nSPS) is 10.7. The minimum absolute atomic E-state index is 0.673. The smallest absolute Gasteiger partial charge is 0.170 e. The minimum Gasteiger partial charge on any atom is -0.493 e. The monoisotopic (exact) mass is 411 g/mol. The zero-order valence-electron chi connectivity index (χ0n) is 13.6. The SMILES string of the molecule is COc1cccc(-c2nc(CSc3cc(Cl)ccc3Cl)cs2)c1OC. The maximum absolute atomic E-state index is 6.21. The molecule has 0 saturated carbocycles. The summed E-state index contributed by atoms with van der Waals surface area (Å²) in [6.45, 7) is 0. The van der Waals surface area contributed by atoms with Crippen molar-refractivity contribution >= 4 is 46.3 Å². The predicted octanol–water partition coefficient (Wildman–Crippen LogP) is 6.43. The van der Waals surface area contributed by atoms with Crippen LogP contribution in [0, 0.1) is 0 Å². The van der Waals surface area contributed by atoms with E-state index in [0.717, 1.165) is 21.2 Å². The van der Waals surface area contributed by atoms with Gasteiger partial charge in [0, 0.05) is 21.1 Å². The van der Waals surface area contributed by atoms with Crippen LogP contribution in [0.2, 0.25) is 10.0 Å². The lowest BCUT2D eigenvalue weighted by Crippen LogP contribution is -1.93. The Kier molecular flexibility index (Phi) is 6.12. The molecule has 0 aliphatic rings. The number of hydrogen-bond acceptors (Lipinski definition) is 5. The van der Waals surface area contributed by atoms with E-state index in [0.29, 0.717) is 27.3 Å². The number of hydrogen-bond donors (Lipinski definition) is 0. The Hall–Kier alpha value is -1.40. The molecule has 1 aromatic heterocycles. The Labute approximate surface area is 164 Å². The van der Waals surface area contributed by atoms with E-state index in [4.69, 9.17) is 37.7 Å². The third kappa shape index (κ3) is 4.23. The Bertz CT molecular complexity index is 883. The Morgan fingerprint density at radius 1 is 1.12 bits per heavy atom. The van der Waals surface area contributed by atoms with Gasteiger partial charge in [-0.1, -0.05) is 29.3 Å². The molecule has 0 unspecified atom stereocenters. The van der Waals surface area contributed by atoms with Crippen LogP contribution in [-0.2, 0) is 5.75 Å². The van der Waals surface area contributed by atoms with Gasteiger partial charge in [-0.2, -0.15) is 0 Å². The molecule has 0 N–H and O–H groups in total. The summed E-state index contributed by atoms with van der Waals surface area (Å²) in [4.78, 5) is 5.66. The van der Waals surface area contributed by atoms with E-state index in [9.17, 15) is 0 Å². The molecule has 0 bridgehead atoms. The topological polar surface area (TPSA) is 31.4 Å². The number of halogens is 2. The van der Waals surface area contributed by atoms with Gasteiger partial charge in [0.25, 0.3) is 0 Å². The molecule has 0 radical (unpaired) electrons. The first kappa shape index (κ1) is 18.4. The van der Waals surface area contributed by atoms with E-state index < -0.39 is 0 Å². The second kappa shape index (κ2) is 8.32. The summed E-state index contributed by atoms with van der Waals surface area (Å²) in [7, 11) is 3.26. The van der Waals surface area contributed by atoms with Crippen LogP contribution in [0.1, 0.15) is 5.69 Å². The number of aromatic nitrogens is 1. The molecule has 0 fully saturated rings. The highest BCUT2D eigenvalue weighted by Crippen LogP contribution is 2.40. The summed E-state index contributed by atoms with van der Waals surface area (Å²) in [5, 5.41) is 4.30. The molecule has 130 valence electrons. The van der Waals surface area contributed by atoms with Gasteiger partial charge in [-0.25, -0.2) is 4.98 Å². The molecule has 0 spiro atoms. The largest absolute Gasteiger partial charge is 0.493 e. The van der Waals surface area contributed by atoms with Gasteiger partial charge in [-0.15, -0.1) is 23.1 Å². The zero-order chi connectivity index (χ0) is 17.8. The molecule has 25 heavy (non-hydrogen) atoms. The first-order chi connectivity index (χ1) is 12.1. The maximum atomic E-state index is 6.21. The van der Waals surface area contributed by atoms with Crippen LogP contribution < -0.4 is 9.47 Å². The van der Waals surface area contributed by atoms with Gasteiger partial charge in [-0.3, -0.25) is 0 Å². The highest BCUT2D eigenvalue weighted by molar-refractivity contribution is 7.98. The van der Waals surface area contributed by atoms with Crippen molar-refractivity contribution < 1.29 is 9.47 Å². The highest BCUT2D eigenvalue weighted by atomic mass is 35.5. The lowest BCUT2D eigenvalue weighted by molar-refractivity contribution is 0.356. The highest BCUT2D eigenvalue weighted by Gasteiger charge is 2.15. The third-order valence-electron chi connectivity index (χ3n) is 3.45. The lowest BCUT2D eigenvalue weighted by Gasteiger charge is -2.10. The maximum Gasteiger partial charge on any atom is 0.170 e. The number of rotatable bonds is 6. The predicted molar refractivity (Wildman–Crippen MR) is 107 cm³/mol. The van der Waals surface area contributed by atoms with E-state index in [-0.39, 0.29) is 0 Å². The van der Waals surface area contributed by atoms with Crippen molar-refractivity contribution in [1.29, 1.82) is 0 Å². The van der Waals surface area contributed by atoms with Gasteiger partial charge in [0.05, 0.1) is 30.5 Å². The fraction of sp³-hybridized carbons (Fsp3) is 0.167. The first-order valence-electron chi connectivity index (χ1n) is 7.36. The molecule has 0 saturated heterocycles. The van der Waals surface area contributed by atoms with Crippen molar-refractivity contribution in [2.24, 2.45) is 0 Å². The van der Waals surface area contributed by atoms with Gasteiger partial charge in [-0.05, 0) is 30.3 Å². The van der Waals surface area contributed by atoms with Crippen molar-refractivity contribution in [3.05, 3.63) is 57.5 Å². The fourth-order valence-corrected chi connectivity index (χ4v) is 4.62. The van der Waals surface area contributed by atoms with Crippen LogP contribution in [-0.4, -0.2) is 19.2 Å². The van der Waals surface area contributed by atoms with Crippen LogP contribution in [0.15, 0.2) is 46.7 Å². The Morgan fingerprint density at radius 2 is 1.96 bits per heavy atom. The molecule has 3 rings (SSSR count). The number of para-hydroxylation sites is 1. The van der Waals surface area contributed by atoms with Gasteiger partial charge in [0.1, 0.15) is 5.01 Å². The summed E-state index contributed by atoms with van der Waals surface area (Å²) in [5.74, 6) is 2.09. The molecule has 0 aliphatic heterocycles. The van der Waals surface area contributed by atoms with E-state index in [1.165, 1.54) is 0 Å². The van der Waals surface area contributed by atoms with Crippen molar-refractivity contribution in [1.82, 2.24) is 4.98 Å². The summed E-state index contributed by atoms with van der Waals surface area (Å²) in [5.41, 5.74) is 1.90. The molecule has 3 aromatic rings. The average Bonchev–Trinajstić information content (AvgIpc) is 3.10. The van der Waals surface area contributed by atoms with Crippen LogP contribution >= 0.6 is 46.3 Å². The van der Waals surface area contributed by atoms with E-state index in [1.54, 1.807) is 49.5 Å². The van der Waals surface area contributed by atoms with E-state index >= 15 is 0 Å². The van der Waals surface area contributed by atoms with E-state index in [1.807, 2.05) is 29.6 Å². The molecule has 1 heterocycles. The first-order valence-corrected chi connectivity index (χ1v) is 9.98. The number of ether oxygens (including phenoxy) is 2. The number of benzene rings is 2.